The monoisotopic (exact) mass is 464 g/mol. The van der Waals surface area contributed by atoms with Crippen LogP contribution >= 0.6 is 0 Å². The Bertz CT molecular complexity index is 1190. The molecule has 0 aliphatic carbocycles. The minimum atomic E-state index is -3.96. The van der Waals surface area contributed by atoms with Crippen molar-refractivity contribution in [2.24, 2.45) is 0 Å². The van der Waals surface area contributed by atoms with E-state index in [1.807, 2.05) is 35.2 Å². The first-order valence-corrected chi connectivity index (χ1v) is 12.5. The van der Waals surface area contributed by atoms with Crippen molar-refractivity contribution in [3.63, 3.8) is 0 Å². The van der Waals surface area contributed by atoms with Gasteiger partial charge >= 0.3 is 0 Å². The molecule has 172 valence electrons. The number of methoxy groups -OCH3 is 1. The van der Waals surface area contributed by atoms with Gasteiger partial charge in [0.2, 0.25) is 0 Å². The maximum absolute atomic E-state index is 13.8. The largest absolute Gasteiger partial charge is 0.497 e. The molecule has 0 saturated carbocycles. The van der Waals surface area contributed by atoms with Gasteiger partial charge in [0.15, 0.2) is 0 Å². The fraction of sp³-hybridized carbons (Fsp3) is 0.269. The van der Waals surface area contributed by atoms with E-state index in [0.717, 1.165) is 24.8 Å². The smallest absolute Gasteiger partial charge is 0.264 e. The fourth-order valence-corrected chi connectivity index (χ4v) is 5.53. The van der Waals surface area contributed by atoms with E-state index in [2.05, 4.69) is 0 Å². The second-order valence-corrected chi connectivity index (χ2v) is 9.91. The van der Waals surface area contributed by atoms with Crippen LogP contribution in [0.4, 0.5) is 5.69 Å². The lowest BCUT2D eigenvalue weighted by atomic mass is 10.1. The lowest BCUT2D eigenvalue weighted by Crippen LogP contribution is -2.38. The number of rotatable bonds is 7. The number of piperidine rings is 1. The van der Waals surface area contributed by atoms with E-state index in [1.165, 1.54) is 23.5 Å². The van der Waals surface area contributed by atoms with E-state index in [0.29, 0.717) is 30.1 Å². The van der Waals surface area contributed by atoms with E-state index in [-0.39, 0.29) is 17.3 Å². The second-order valence-electron chi connectivity index (χ2n) is 8.04. The highest BCUT2D eigenvalue weighted by Crippen LogP contribution is 2.31. The number of nitrogens with zero attached hydrogens (tertiary/aromatic N) is 2. The van der Waals surface area contributed by atoms with Crippen molar-refractivity contribution in [1.82, 2.24) is 4.90 Å². The van der Waals surface area contributed by atoms with Crippen molar-refractivity contribution in [3.8, 4) is 5.75 Å². The molecule has 7 heteroatoms. The van der Waals surface area contributed by atoms with Gasteiger partial charge in [-0.25, -0.2) is 8.42 Å². The van der Waals surface area contributed by atoms with Gasteiger partial charge in [-0.1, -0.05) is 42.5 Å². The molecule has 0 unspecified atom stereocenters. The number of hydrogen-bond donors (Lipinski definition) is 0. The number of para-hydroxylation sites is 1. The van der Waals surface area contributed by atoms with Gasteiger partial charge in [-0.3, -0.25) is 9.10 Å². The molecule has 3 aromatic carbocycles. The van der Waals surface area contributed by atoms with Crippen LogP contribution in [0.25, 0.3) is 0 Å². The Balaban J connectivity index is 1.79. The number of amides is 1. The first-order chi connectivity index (χ1) is 16.0. The van der Waals surface area contributed by atoms with E-state index >= 15 is 0 Å². The first-order valence-electron chi connectivity index (χ1n) is 11.1. The van der Waals surface area contributed by atoms with Crippen LogP contribution < -0.4 is 9.04 Å². The van der Waals surface area contributed by atoms with Crippen molar-refractivity contribution in [2.45, 2.75) is 30.7 Å². The van der Waals surface area contributed by atoms with Crippen molar-refractivity contribution < 1.29 is 17.9 Å². The van der Waals surface area contributed by atoms with Crippen LogP contribution in [0, 0.1) is 0 Å². The molecule has 0 bridgehead atoms. The Morgan fingerprint density at radius 3 is 2.18 bits per heavy atom. The molecule has 4 rings (SSSR count). The minimum absolute atomic E-state index is 0.111. The predicted molar refractivity (Wildman–Crippen MR) is 129 cm³/mol. The van der Waals surface area contributed by atoms with Gasteiger partial charge in [0, 0.05) is 13.1 Å². The van der Waals surface area contributed by atoms with Crippen molar-refractivity contribution in [1.29, 1.82) is 0 Å². The van der Waals surface area contributed by atoms with E-state index in [4.69, 9.17) is 4.74 Å². The molecule has 1 fully saturated rings. The number of carbonyl (C=O) groups excluding carboxylic acids is 1. The van der Waals surface area contributed by atoms with Gasteiger partial charge in [0.05, 0.1) is 29.8 Å². The normalized spacial score (nSPS) is 14.0. The number of carbonyl (C=O) groups is 1. The molecule has 3 aromatic rings. The molecule has 0 atom stereocenters. The molecular formula is C26H28N2O4S. The third-order valence-electron chi connectivity index (χ3n) is 5.86. The summed E-state index contributed by atoms with van der Waals surface area (Å²) in [5, 5.41) is 0. The molecule has 1 amide bonds. The molecule has 33 heavy (non-hydrogen) atoms. The van der Waals surface area contributed by atoms with Gasteiger partial charge < -0.3 is 9.64 Å². The number of sulfonamides is 1. The number of benzene rings is 3. The summed E-state index contributed by atoms with van der Waals surface area (Å²) >= 11 is 0. The van der Waals surface area contributed by atoms with E-state index in [9.17, 15) is 13.2 Å². The van der Waals surface area contributed by atoms with Gasteiger partial charge in [-0.15, -0.1) is 0 Å². The summed E-state index contributed by atoms with van der Waals surface area (Å²) in [7, 11) is -2.42. The Hall–Kier alpha value is -3.32. The second kappa shape index (κ2) is 10.1. The zero-order valence-corrected chi connectivity index (χ0v) is 19.5. The third-order valence-corrected chi connectivity index (χ3v) is 7.64. The SMILES string of the molecule is COc1ccc(S(=O)(=O)N(Cc2ccccc2)c2ccccc2C(=O)N2CCCCC2)cc1. The standard InChI is InChI=1S/C26H28N2O4S/c1-32-22-14-16-23(17-15-22)33(30,31)28(20-21-10-4-2-5-11-21)25-13-7-6-12-24(25)26(29)27-18-8-3-9-19-27/h2,4-7,10-17H,3,8-9,18-20H2,1H3. The van der Waals surface area contributed by atoms with Crippen LogP contribution in [0.15, 0.2) is 83.8 Å². The van der Waals surface area contributed by atoms with Crippen molar-refractivity contribution in [2.75, 3.05) is 24.5 Å². The van der Waals surface area contributed by atoms with Crippen molar-refractivity contribution >= 4 is 21.6 Å². The molecular weight excluding hydrogens is 436 g/mol. The highest BCUT2D eigenvalue weighted by atomic mass is 32.2. The number of hydrogen-bond acceptors (Lipinski definition) is 4. The maximum atomic E-state index is 13.8. The van der Waals surface area contributed by atoms with Gasteiger partial charge in [-0.05, 0) is 61.2 Å². The highest BCUT2D eigenvalue weighted by Gasteiger charge is 2.30. The van der Waals surface area contributed by atoms with Gasteiger partial charge in [-0.2, -0.15) is 0 Å². The first kappa shape index (κ1) is 22.9. The summed E-state index contributed by atoms with van der Waals surface area (Å²) in [6.07, 6.45) is 3.04. The quantitative estimate of drug-likeness (QED) is 0.508. The average Bonchev–Trinajstić information content (AvgIpc) is 2.88. The Kier molecular flexibility index (Phi) is 6.99. The maximum Gasteiger partial charge on any atom is 0.264 e. The average molecular weight is 465 g/mol. The summed E-state index contributed by atoms with van der Waals surface area (Å²) in [5.41, 5.74) is 1.61. The minimum Gasteiger partial charge on any atom is -0.497 e. The summed E-state index contributed by atoms with van der Waals surface area (Å²) in [6, 6.07) is 22.7. The Morgan fingerprint density at radius 2 is 1.52 bits per heavy atom. The Morgan fingerprint density at radius 1 is 0.879 bits per heavy atom. The third kappa shape index (κ3) is 5.03. The van der Waals surface area contributed by atoms with Gasteiger partial charge in [0.25, 0.3) is 15.9 Å². The molecule has 1 aliphatic rings. The summed E-state index contributed by atoms with van der Waals surface area (Å²) in [6.45, 7) is 1.49. The van der Waals surface area contributed by atoms with Gasteiger partial charge in [0.1, 0.15) is 5.75 Å². The van der Waals surface area contributed by atoms with Crippen LogP contribution in [-0.4, -0.2) is 39.4 Å². The van der Waals surface area contributed by atoms with Crippen LogP contribution in [0.5, 0.6) is 5.75 Å². The number of anilines is 1. The molecule has 0 radical (unpaired) electrons. The summed E-state index contributed by atoms with van der Waals surface area (Å²) in [5.74, 6) is 0.442. The molecule has 0 spiro atoms. The number of likely N-dealkylation sites (tertiary alicyclic amines) is 1. The topological polar surface area (TPSA) is 66.9 Å². The van der Waals surface area contributed by atoms with Crippen LogP contribution in [0.2, 0.25) is 0 Å². The number of ether oxygens (including phenoxy) is 1. The summed E-state index contributed by atoms with van der Waals surface area (Å²) in [4.78, 5) is 15.4. The van der Waals surface area contributed by atoms with E-state index < -0.39 is 10.0 Å². The molecule has 1 saturated heterocycles. The highest BCUT2D eigenvalue weighted by molar-refractivity contribution is 7.92. The van der Waals surface area contributed by atoms with Crippen molar-refractivity contribution in [3.05, 3.63) is 90.0 Å². The van der Waals surface area contributed by atoms with Crippen LogP contribution in [0.1, 0.15) is 35.2 Å². The molecule has 6 nitrogen and oxygen atoms in total. The lowest BCUT2D eigenvalue weighted by Gasteiger charge is -2.30. The fourth-order valence-electron chi connectivity index (χ4n) is 4.06. The lowest BCUT2D eigenvalue weighted by molar-refractivity contribution is 0.0725. The molecule has 1 heterocycles. The molecule has 0 aromatic heterocycles. The molecule has 0 N–H and O–H groups in total. The van der Waals surface area contributed by atoms with Crippen LogP contribution in [0.3, 0.4) is 0 Å². The zero-order chi connectivity index (χ0) is 23.3. The predicted octanol–water partition coefficient (Wildman–Crippen LogP) is 4.72. The molecule has 1 aliphatic heterocycles. The van der Waals surface area contributed by atoms with E-state index in [1.54, 1.807) is 36.4 Å². The van der Waals surface area contributed by atoms with Crippen LogP contribution in [-0.2, 0) is 16.6 Å². The zero-order valence-electron chi connectivity index (χ0n) is 18.7. The Labute approximate surface area is 195 Å². The summed E-state index contributed by atoms with van der Waals surface area (Å²) < 4.78 is 34.2.